The molecule has 18 heteroatoms. The van der Waals surface area contributed by atoms with Gasteiger partial charge in [0.2, 0.25) is 11.8 Å². The molecule has 0 saturated carbocycles. The summed E-state index contributed by atoms with van der Waals surface area (Å²) in [5.41, 5.74) is -1.72. The van der Waals surface area contributed by atoms with Gasteiger partial charge in [-0.1, -0.05) is 152 Å². The van der Waals surface area contributed by atoms with Gasteiger partial charge in [-0.15, -0.1) is 0 Å². The van der Waals surface area contributed by atoms with E-state index in [2.05, 4.69) is 103 Å². The van der Waals surface area contributed by atoms with Crippen molar-refractivity contribution in [3.05, 3.63) is 48.6 Å². The fourth-order valence-corrected chi connectivity index (χ4v) is 10.9. The number of carbonyl (C=O) groups excluding carboxylic acids is 3. The normalized spacial score (nSPS) is 16.0. The maximum absolute atomic E-state index is 13.2. The lowest BCUT2D eigenvalue weighted by Gasteiger charge is -2.31. The predicted octanol–water partition coefficient (Wildman–Crippen LogP) is 15.5. The summed E-state index contributed by atoms with van der Waals surface area (Å²) in [4.78, 5) is 74.6. The van der Waals surface area contributed by atoms with Gasteiger partial charge in [-0.2, -0.15) is 0 Å². The van der Waals surface area contributed by atoms with Gasteiger partial charge in [0.15, 0.2) is 5.79 Å². The van der Waals surface area contributed by atoms with Gasteiger partial charge in [0.05, 0.1) is 36.3 Å². The number of carbonyl (C=O) groups is 6. The Morgan fingerprint density at radius 1 is 0.538 bits per heavy atom. The molecule has 0 aromatic heterocycles. The lowest BCUT2D eigenvalue weighted by Crippen LogP contribution is -2.51. The number of hydrogen-bond acceptors (Lipinski definition) is 11. The van der Waals surface area contributed by atoms with E-state index >= 15 is 0 Å². The second-order valence-electron chi connectivity index (χ2n) is 26.8. The van der Waals surface area contributed by atoms with Crippen molar-refractivity contribution in [1.29, 1.82) is 0 Å². The molecule has 1 aliphatic rings. The quantitative estimate of drug-likeness (QED) is 0.0221. The topological polar surface area (TPSA) is 251 Å². The lowest BCUT2D eigenvalue weighted by molar-refractivity contribution is -0.188. The van der Waals surface area contributed by atoms with Gasteiger partial charge in [-0.3, -0.25) is 14.4 Å². The number of ether oxygens (including phenoxy) is 4. The minimum Gasteiger partial charge on any atom is -0.481 e. The standard InChI is InChI=1S/C73H131N5O13/c1-9-11-13-15-17-19-21-23-25-27-29-31-33-35-37-42-52-73(53-43-38-36-34-32-30-28-26-24-22-20-18-16-14-12-10-2)90-63(50-56-78(7)8)64(91-73)51-58-88-57-46-40-39-44-55-75-69(86)71(3,4)60-89-72(5,6)59-65(79)74-54-45-41-47-61(67(82)83)76-70(87)77-62(68(84)85)48-49-66(80)81/h17-20,23-26,61-64H,9-16,21-22,27-60H2,1-8H3,(H,74,79)(H,75,86)(H,80,81)(H,82,83)(H,84,85)(H2,76,77,87)/b19-17-,20-18-,25-23-,26-24-/t61-,62-,63?,64?/m1/s1. The van der Waals surface area contributed by atoms with E-state index in [1.165, 1.54) is 128 Å². The Bertz CT molecular complexity index is 1990. The lowest BCUT2D eigenvalue weighted by atomic mass is 9.92. The van der Waals surface area contributed by atoms with Crippen LogP contribution in [-0.4, -0.2) is 145 Å². The maximum atomic E-state index is 13.2. The molecule has 91 heavy (non-hydrogen) atoms. The molecule has 2 unspecified atom stereocenters. The highest BCUT2D eigenvalue weighted by atomic mass is 16.8. The van der Waals surface area contributed by atoms with E-state index in [9.17, 15) is 39.0 Å². The number of carboxylic acid groups (broad SMARTS) is 3. The summed E-state index contributed by atoms with van der Waals surface area (Å²) >= 11 is 0. The van der Waals surface area contributed by atoms with Crippen molar-refractivity contribution in [2.45, 2.75) is 321 Å². The van der Waals surface area contributed by atoms with Crippen LogP contribution in [0.1, 0.15) is 286 Å². The summed E-state index contributed by atoms with van der Waals surface area (Å²) in [7, 11) is 4.26. The Labute approximate surface area is 551 Å². The minimum atomic E-state index is -1.50. The number of aliphatic carboxylic acids is 3. The molecule has 7 N–H and O–H groups in total. The molecule has 1 saturated heterocycles. The Morgan fingerprint density at radius 2 is 0.989 bits per heavy atom. The molecular weight excluding hydrogens is 1150 g/mol. The SMILES string of the molecule is CCCCC/C=C\C/C=C\CCCCCCCCC1(CCCCCCCC/C=C\C/C=C\CCCCC)OC(CCOCCCCCCNC(=O)C(C)(C)COC(C)(C)CC(=O)NCCCC[C@@H](NC(=O)N[C@H](CCC(=O)O)C(=O)O)C(=O)O)C(CCN(C)C)O1. The highest BCUT2D eigenvalue weighted by Gasteiger charge is 2.46. The molecule has 526 valence electrons. The van der Waals surface area contributed by atoms with Crippen LogP contribution < -0.4 is 21.3 Å². The Balaban J connectivity index is 2.56. The predicted molar refractivity (Wildman–Crippen MR) is 367 cm³/mol. The second kappa shape index (κ2) is 53.7. The molecule has 0 radical (unpaired) electrons. The highest BCUT2D eigenvalue weighted by Crippen LogP contribution is 2.40. The van der Waals surface area contributed by atoms with Gasteiger partial charge in [0, 0.05) is 52.1 Å². The van der Waals surface area contributed by atoms with Gasteiger partial charge in [-0.25, -0.2) is 14.4 Å². The third-order valence-corrected chi connectivity index (χ3v) is 16.7. The third-order valence-electron chi connectivity index (χ3n) is 16.7. The summed E-state index contributed by atoms with van der Waals surface area (Å²) in [6, 6.07) is -3.87. The number of amides is 4. The number of urea groups is 1. The average molecular weight is 1290 g/mol. The van der Waals surface area contributed by atoms with Crippen LogP contribution >= 0.6 is 0 Å². The van der Waals surface area contributed by atoms with Crippen molar-refractivity contribution < 1.29 is 63.0 Å². The van der Waals surface area contributed by atoms with E-state index in [0.717, 1.165) is 83.6 Å². The largest absolute Gasteiger partial charge is 0.481 e. The molecule has 1 rings (SSSR count). The first-order valence-electron chi connectivity index (χ1n) is 35.8. The van der Waals surface area contributed by atoms with Crippen LogP contribution in [0.5, 0.6) is 0 Å². The second-order valence-corrected chi connectivity index (χ2v) is 26.8. The van der Waals surface area contributed by atoms with Gasteiger partial charge < -0.3 is 60.4 Å². The number of nitrogens with zero attached hydrogens (tertiary/aromatic N) is 1. The summed E-state index contributed by atoms with van der Waals surface area (Å²) < 4.78 is 26.6. The molecule has 4 atom stereocenters. The summed E-state index contributed by atoms with van der Waals surface area (Å²) in [5.74, 6) is -4.94. The molecule has 1 fully saturated rings. The Morgan fingerprint density at radius 3 is 1.49 bits per heavy atom. The van der Waals surface area contributed by atoms with Crippen molar-refractivity contribution in [2.75, 3.05) is 53.6 Å². The number of unbranched alkanes of at least 4 members (excludes halogenated alkanes) is 22. The first-order chi connectivity index (χ1) is 43.7. The Kier molecular flexibility index (Phi) is 49.8. The van der Waals surface area contributed by atoms with Crippen molar-refractivity contribution >= 4 is 35.8 Å². The Hall–Kier alpha value is -4.62. The van der Waals surface area contributed by atoms with Crippen LogP contribution in [0, 0.1) is 5.41 Å². The number of rotatable bonds is 61. The van der Waals surface area contributed by atoms with Gasteiger partial charge >= 0.3 is 23.9 Å². The molecule has 0 bridgehead atoms. The molecule has 4 amide bonds. The fourth-order valence-electron chi connectivity index (χ4n) is 10.9. The monoisotopic (exact) mass is 1290 g/mol. The van der Waals surface area contributed by atoms with Crippen molar-refractivity contribution in [1.82, 2.24) is 26.2 Å². The van der Waals surface area contributed by atoms with Crippen molar-refractivity contribution in [3.8, 4) is 0 Å². The number of nitrogens with one attached hydrogen (secondary N) is 4. The van der Waals surface area contributed by atoms with Gasteiger partial charge in [0.1, 0.15) is 12.1 Å². The van der Waals surface area contributed by atoms with Crippen LogP contribution in [-0.2, 0) is 42.9 Å². The molecule has 18 nitrogen and oxygen atoms in total. The minimum absolute atomic E-state index is 0.00876. The summed E-state index contributed by atoms with van der Waals surface area (Å²) in [5, 5.41) is 37.9. The molecule has 1 aliphatic heterocycles. The molecule has 0 aromatic carbocycles. The van der Waals surface area contributed by atoms with Crippen molar-refractivity contribution in [3.63, 3.8) is 0 Å². The highest BCUT2D eigenvalue weighted by molar-refractivity contribution is 5.86. The van der Waals surface area contributed by atoms with E-state index in [4.69, 9.17) is 24.1 Å². The van der Waals surface area contributed by atoms with Gasteiger partial charge in [-0.05, 0) is 170 Å². The van der Waals surface area contributed by atoms with Gasteiger partial charge in [0.25, 0.3) is 0 Å². The maximum Gasteiger partial charge on any atom is 0.326 e. The zero-order valence-electron chi connectivity index (χ0n) is 58.4. The molecule has 1 heterocycles. The fraction of sp³-hybridized carbons (Fsp3) is 0.808. The van der Waals surface area contributed by atoms with E-state index < -0.39 is 59.2 Å². The summed E-state index contributed by atoms with van der Waals surface area (Å²) in [6.07, 6.45) is 55.5. The molecule has 0 spiro atoms. The zero-order valence-corrected chi connectivity index (χ0v) is 58.4. The van der Waals surface area contributed by atoms with Crippen LogP contribution in [0.4, 0.5) is 4.79 Å². The molecule has 0 aliphatic carbocycles. The zero-order chi connectivity index (χ0) is 67.3. The molecule has 0 aromatic rings. The van der Waals surface area contributed by atoms with E-state index in [1.54, 1.807) is 13.8 Å². The van der Waals surface area contributed by atoms with Crippen LogP contribution in [0.15, 0.2) is 48.6 Å². The van der Waals surface area contributed by atoms with Crippen LogP contribution in [0.3, 0.4) is 0 Å². The average Bonchev–Trinajstić information content (AvgIpc) is 1.77. The van der Waals surface area contributed by atoms with Crippen LogP contribution in [0.25, 0.3) is 0 Å². The first kappa shape index (κ1) is 84.4. The number of allylic oxidation sites excluding steroid dienone is 8. The molecular formula is C73H131N5O13. The van der Waals surface area contributed by atoms with E-state index in [0.29, 0.717) is 32.6 Å². The number of hydrogen-bond donors (Lipinski definition) is 7. The first-order valence-corrected chi connectivity index (χ1v) is 35.8. The third kappa shape index (κ3) is 47.0. The summed E-state index contributed by atoms with van der Waals surface area (Å²) in [6.45, 7) is 14.8. The smallest absolute Gasteiger partial charge is 0.326 e. The van der Waals surface area contributed by atoms with E-state index in [1.807, 2.05) is 13.8 Å². The van der Waals surface area contributed by atoms with Crippen molar-refractivity contribution in [2.24, 2.45) is 5.41 Å². The van der Waals surface area contributed by atoms with Crippen LogP contribution in [0.2, 0.25) is 0 Å². The number of carboxylic acids is 3. The van der Waals surface area contributed by atoms with E-state index in [-0.39, 0.29) is 56.4 Å².